The number of thiophene rings is 1. The highest BCUT2D eigenvalue weighted by Crippen LogP contribution is 2.22. The zero-order chi connectivity index (χ0) is 21.6. The molecule has 164 valence electrons. The van der Waals surface area contributed by atoms with Crippen LogP contribution in [0, 0.1) is 0 Å². The van der Waals surface area contributed by atoms with Crippen molar-refractivity contribution in [2.45, 2.75) is 19.4 Å². The molecule has 0 radical (unpaired) electrons. The number of guanidine groups is 1. The SMILES string of the molecule is CN=C(NCCCCN1C(=O)c2ccccc2C1=O)N1CCN(Cc2cccs2)CC1. The number of nitrogens with zero attached hydrogens (tertiary/aromatic N) is 4. The van der Waals surface area contributed by atoms with E-state index in [0.717, 1.165) is 58.1 Å². The molecular formula is C23H29N5O2S. The van der Waals surface area contributed by atoms with Crippen LogP contribution in [0.4, 0.5) is 0 Å². The molecule has 0 atom stereocenters. The van der Waals surface area contributed by atoms with Gasteiger partial charge in [-0.1, -0.05) is 18.2 Å². The van der Waals surface area contributed by atoms with Crippen molar-refractivity contribution >= 4 is 29.1 Å². The average Bonchev–Trinajstić information content (AvgIpc) is 3.39. The number of rotatable bonds is 7. The lowest BCUT2D eigenvalue weighted by atomic mass is 10.1. The fourth-order valence-corrected chi connectivity index (χ4v) is 4.86. The zero-order valence-corrected chi connectivity index (χ0v) is 18.7. The van der Waals surface area contributed by atoms with Crippen molar-refractivity contribution in [2.24, 2.45) is 4.99 Å². The number of nitrogens with one attached hydrogen (secondary N) is 1. The van der Waals surface area contributed by atoms with Gasteiger partial charge >= 0.3 is 0 Å². The van der Waals surface area contributed by atoms with Crippen molar-refractivity contribution in [3.63, 3.8) is 0 Å². The molecule has 1 fully saturated rings. The molecule has 1 N–H and O–H groups in total. The highest BCUT2D eigenvalue weighted by Gasteiger charge is 2.34. The molecule has 2 aliphatic heterocycles. The third-order valence-corrected chi connectivity index (χ3v) is 6.67. The molecule has 0 saturated carbocycles. The minimum absolute atomic E-state index is 0.176. The summed E-state index contributed by atoms with van der Waals surface area (Å²) >= 11 is 1.81. The first kappa shape index (κ1) is 21.5. The second-order valence-corrected chi connectivity index (χ2v) is 8.86. The zero-order valence-electron chi connectivity index (χ0n) is 17.9. The molecule has 0 spiro atoms. The minimum atomic E-state index is -0.176. The Kier molecular flexibility index (Phi) is 6.99. The number of imide groups is 1. The highest BCUT2D eigenvalue weighted by atomic mass is 32.1. The summed E-state index contributed by atoms with van der Waals surface area (Å²) in [6, 6.07) is 11.3. The van der Waals surface area contributed by atoms with E-state index in [0.29, 0.717) is 17.7 Å². The molecule has 2 amide bonds. The number of benzene rings is 1. The van der Waals surface area contributed by atoms with E-state index < -0.39 is 0 Å². The molecule has 1 aromatic heterocycles. The Bertz CT molecular complexity index is 900. The molecule has 2 aliphatic rings. The van der Waals surface area contributed by atoms with Crippen molar-refractivity contribution in [3.8, 4) is 0 Å². The van der Waals surface area contributed by atoms with Crippen LogP contribution in [0.3, 0.4) is 0 Å². The lowest BCUT2D eigenvalue weighted by Gasteiger charge is -2.36. The molecule has 3 heterocycles. The Labute approximate surface area is 187 Å². The predicted molar refractivity (Wildman–Crippen MR) is 124 cm³/mol. The van der Waals surface area contributed by atoms with Gasteiger partial charge in [0.2, 0.25) is 0 Å². The maximum absolute atomic E-state index is 12.4. The number of carbonyl (C=O) groups excluding carboxylic acids is 2. The van der Waals surface area contributed by atoms with Gasteiger partial charge in [0, 0.05) is 57.7 Å². The van der Waals surface area contributed by atoms with Gasteiger partial charge in [0.25, 0.3) is 11.8 Å². The molecule has 4 rings (SSSR count). The molecule has 31 heavy (non-hydrogen) atoms. The van der Waals surface area contributed by atoms with Crippen LogP contribution in [0.5, 0.6) is 0 Å². The van der Waals surface area contributed by atoms with Gasteiger partial charge in [-0.2, -0.15) is 0 Å². The number of hydrogen-bond acceptors (Lipinski definition) is 5. The number of unbranched alkanes of at least 4 members (excludes halogenated alkanes) is 1. The topological polar surface area (TPSA) is 68.2 Å². The first-order chi connectivity index (χ1) is 15.2. The van der Waals surface area contributed by atoms with Crippen LogP contribution in [0.25, 0.3) is 0 Å². The summed E-state index contributed by atoms with van der Waals surface area (Å²) in [5.74, 6) is 0.575. The van der Waals surface area contributed by atoms with Gasteiger partial charge in [0.1, 0.15) is 0 Å². The molecule has 2 aromatic rings. The van der Waals surface area contributed by atoms with E-state index in [1.54, 1.807) is 24.3 Å². The standard InChI is InChI=1S/C23H29N5O2S/c1-24-23(27-14-12-26(13-15-27)17-18-7-6-16-31-18)25-10-4-5-11-28-21(29)19-8-2-3-9-20(19)22(28)30/h2-3,6-9,16H,4-5,10-15,17H2,1H3,(H,24,25). The summed E-state index contributed by atoms with van der Waals surface area (Å²) < 4.78 is 0. The van der Waals surface area contributed by atoms with Gasteiger partial charge < -0.3 is 10.2 Å². The van der Waals surface area contributed by atoms with E-state index >= 15 is 0 Å². The number of fused-ring (bicyclic) bond motifs is 1. The maximum Gasteiger partial charge on any atom is 0.261 e. The number of carbonyl (C=O) groups is 2. The van der Waals surface area contributed by atoms with Crippen LogP contribution >= 0.6 is 11.3 Å². The predicted octanol–water partition coefficient (Wildman–Crippen LogP) is 2.52. The third-order valence-electron chi connectivity index (χ3n) is 5.81. The Morgan fingerprint density at radius 3 is 2.32 bits per heavy atom. The van der Waals surface area contributed by atoms with E-state index in [1.807, 2.05) is 18.4 Å². The monoisotopic (exact) mass is 439 g/mol. The van der Waals surface area contributed by atoms with Gasteiger partial charge in [0.05, 0.1) is 11.1 Å². The number of piperazine rings is 1. The van der Waals surface area contributed by atoms with Crippen molar-refractivity contribution < 1.29 is 9.59 Å². The lowest BCUT2D eigenvalue weighted by Crippen LogP contribution is -2.52. The fourth-order valence-electron chi connectivity index (χ4n) is 4.11. The van der Waals surface area contributed by atoms with Crippen LogP contribution in [0.2, 0.25) is 0 Å². The van der Waals surface area contributed by atoms with Gasteiger partial charge in [-0.15, -0.1) is 11.3 Å². The van der Waals surface area contributed by atoms with E-state index in [9.17, 15) is 9.59 Å². The van der Waals surface area contributed by atoms with Crippen LogP contribution < -0.4 is 5.32 Å². The molecule has 1 saturated heterocycles. The molecule has 0 aliphatic carbocycles. The molecule has 1 aromatic carbocycles. The summed E-state index contributed by atoms with van der Waals surface area (Å²) in [5.41, 5.74) is 1.04. The van der Waals surface area contributed by atoms with E-state index in [4.69, 9.17) is 0 Å². The quantitative estimate of drug-likeness (QED) is 0.311. The van der Waals surface area contributed by atoms with E-state index in [-0.39, 0.29) is 11.8 Å². The van der Waals surface area contributed by atoms with Crippen LogP contribution in [0.1, 0.15) is 38.4 Å². The largest absolute Gasteiger partial charge is 0.356 e. The number of hydrogen-bond donors (Lipinski definition) is 1. The fraction of sp³-hybridized carbons (Fsp3) is 0.435. The van der Waals surface area contributed by atoms with E-state index in [1.165, 1.54) is 9.78 Å². The first-order valence-corrected chi connectivity index (χ1v) is 11.7. The first-order valence-electron chi connectivity index (χ1n) is 10.8. The molecule has 0 bridgehead atoms. The third kappa shape index (κ3) is 4.97. The minimum Gasteiger partial charge on any atom is -0.356 e. The maximum atomic E-state index is 12.4. The summed E-state index contributed by atoms with van der Waals surface area (Å²) in [7, 11) is 1.82. The molecule has 7 nitrogen and oxygen atoms in total. The average molecular weight is 440 g/mol. The lowest BCUT2D eigenvalue weighted by molar-refractivity contribution is 0.0652. The van der Waals surface area contributed by atoms with Gasteiger partial charge in [-0.3, -0.25) is 24.4 Å². The Morgan fingerprint density at radius 1 is 1.00 bits per heavy atom. The smallest absolute Gasteiger partial charge is 0.261 e. The molecular weight excluding hydrogens is 410 g/mol. The highest BCUT2D eigenvalue weighted by molar-refractivity contribution is 7.09. The number of aliphatic imine (C=N–C) groups is 1. The Balaban J connectivity index is 1.16. The summed E-state index contributed by atoms with van der Waals surface area (Å²) in [5, 5.41) is 5.57. The summed E-state index contributed by atoms with van der Waals surface area (Å²) in [6.45, 7) is 6.21. The Hall–Kier alpha value is -2.71. The van der Waals surface area contributed by atoms with Crippen molar-refractivity contribution in [3.05, 3.63) is 57.8 Å². The molecule has 0 unspecified atom stereocenters. The Morgan fingerprint density at radius 2 is 1.71 bits per heavy atom. The van der Waals surface area contributed by atoms with Crippen molar-refractivity contribution in [2.75, 3.05) is 46.3 Å². The summed E-state index contributed by atoms with van der Waals surface area (Å²) in [4.78, 5) is 36.8. The second kappa shape index (κ2) is 10.1. The van der Waals surface area contributed by atoms with Gasteiger partial charge in [-0.05, 0) is 36.4 Å². The van der Waals surface area contributed by atoms with Crippen LogP contribution in [0.15, 0.2) is 46.8 Å². The van der Waals surface area contributed by atoms with Gasteiger partial charge in [0.15, 0.2) is 5.96 Å². The normalized spacial score (nSPS) is 17.4. The van der Waals surface area contributed by atoms with Crippen molar-refractivity contribution in [1.82, 2.24) is 20.0 Å². The second-order valence-electron chi connectivity index (χ2n) is 7.83. The van der Waals surface area contributed by atoms with Crippen LogP contribution in [-0.4, -0.2) is 78.8 Å². The van der Waals surface area contributed by atoms with E-state index in [2.05, 4.69) is 37.6 Å². The summed E-state index contributed by atoms with van der Waals surface area (Å²) in [6.07, 6.45) is 1.63. The number of amides is 2. The van der Waals surface area contributed by atoms with Crippen molar-refractivity contribution in [1.29, 1.82) is 0 Å². The molecule has 8 heteroatoms. The van der Waals surface area contributed by atoms with Crippen LogP contribution in [-0.2, 0) is 6.54 Å². The van der Waals surface area contributed by atoms with Gasteiger partial charge in [-0.25, -0.2) is 0 Å².